The standard InChI is InChI=1S/C33H39Cl2N3O6S/c1-4-29(33(40)36-23-11-6-5-7-12-23)37(21-26-27(34)13-10-14-28(26)35)32(39)22-38(30-15-8-9-16-31(30)44-3)45(41,42)25-19-17-24(43-2)18-20-25/h8-10,13-20,23,29H,4-7,11-12,21-22H2,1-3H3,(H,36,40)/t29-/m1/s1. The normalized spacial score (nSPS) is 14.3. The van der Waals surface area contributed by atoms with Crippen LogP contribution in [0.15, 0.2) is 71.6 Å². The summed E-state index contributed by atoms with van der Waals surface area (Å²) < 4.78 is 40.1. The van der Waals surface area contributed by atoms with Crippen LogP contribution in [-0.2, 0) is 26.2 Å². The lowest BCUT2D eigenvalue weighted by molar-refractivity contribution is -0.140. The Morgan fingerprint density at radius 3 is 2.16 bits per heavy atom. The first-order chi connectivity index (χ1) is 21.6. The Labute approximate surface area is 275 Å². The fourth-order valence-electron chi connectivity index (χ4n) is 5.54. The number of hydrogen-bond donors (Lipinski definition) is 1. The molecule has 1 saturated carbocycles. The van der Waals surface area contributed by atoms with Crippen LogP contribution in [0.3, 0.4) is 0 Å². The number of nitrogens with zero attached hydrogens (tertiary/aromatic N) is 2. The number of ether oxygens (including phenoxy) is 2. The van der Waals surface area contributed by atoms with Gasteiger partial charge in [-0.25, -0.2) is 8.42 Å². The van der Waals surface area contributed by atoms with Crippen LogP contribution in [0.4, 0.5) is 5.69 Å². The molecule has 9 nitrogen and oxygen atoms in total. The van der Waals surface area contributed by atoms with Crippen LogP contribution in [-0.4, -0.2) is 58.0 Å². The van der Waals surface area contributed by atoms with E-state index in [-0.39, 0.29) is 41.2 Å². The van der Waals surface area contributed by atoms with Crippen LogP contribution >= 0.6 is 23.2 Å². The molecule has 0 aromatic heterocycles. The zero-order chi connectivity index (χ0) is 32.6. The van der Waals surface area contributed by atoms with E-state index in [2.05, 4.69) is 5.32 Å². The number of carbonyl (C=O) groups excluding carboxylic acids is 2. The SMILES string of the molecule is CC[C@H](C(=O)NC1CCCCC1)N(Cc1c(Cl)cccc1Cl)C(=O)CN(c1ccccc1OC)S(=O)(=O)c1ccc(OC)cc1. The lowest BCUT2D eigenvalue weighted by Gasteiger charge is -2.35. The van der Waals surface area contributed by atoms with E-state index in [9.17, 15) is 18.0 Å². The molecule has 4 rings (SSSR count). The average molecular weight is 677 g/mol. The Hall–Kier alpha value is -3.47. The monoisotopic (exact) mass is 675 g/mol. The van der Waals surface area contributed by atoms with E-state index in [0.717, 1.165) is 36.4 Å². The van der Waals surface area contributed by atoms with Gasteiger partial charge < -0.3 is 19.7 Å². The number of carbonyl (C=O) groups is 2. The second-order valence-electron chi connectivity index (χ2n) is 10.8. The predicted octanol–water partition coefficient (Wildman–Crippen LogP) is 6.46. The van der Waals surface area contributed by atoms with E-state index in [4.69, 9.17) is 32.7 Å². The van der Waals surface area contributed by atoms with Crippen molar-refractivity contribution >= 4 is 50.7 Å². The van der Waals surface area contributed by atoms with Crippen molar-refractivity contribution in [2.45, 2.75) is 69.0 Å². The van der Waals surface area contributed by atoms with Crippen LogP contribution < -0.4 is 19.1 Å². The first-order valence-corrected chi connectivity index (χ1v) is 17.1. The lowest BCUT2D eigenvalue weighted by Crippen LogP contribution is -2.54. The Kier molecular flexibility index (Phi) is 12.0. The first kappa shape index (κ1) is 34.4. The van der Waals surface area contributed by atoms with Crippen LogP contribution in [0.2, 0.25) is 10.0 Å². The molecule has 1 aliphatic carbocycles. The molecule has 0 radical (unpaired) electrons. The van der Waals surface area contributed by atoms with Gasteiger partial charge in [0, 0.05) is 28.2 Å². The number of halogens is 2. The molecule has 1 aliphatic rings. The van der Waals surface area contributed by atoms with Crippen molar-refractivity contribution in [3.63, 3.8) is 0 Å². The van der Waals surface area contributed by atoms with Gasteiger partial charge in [0.15, 0.2) is 0 Å². The number of nitrogens with one attached hydrogen (secondary N) is 1. The Balaban J connectivity index is 1.77. The van der Waals surface area contributed by atoms with E-state index < -0.39 is 28.5 Å². The topological polar surface area (TPSA) is 105 Å². The molecule has 45 heavy (non-hydrogen) atoms. The number of rotatable bonds is 13. The minimum absolute atomic E-state index is 0.0154. The minimum Gasteiger partial charge on any atom is -0.497 e. The molecule has 1 atom stereocenters. The van der Waals surface area contributed by atoms with Crippen LogP contribution in [0.1, 0.15) is 51.0 Å². The van der Waals surface area contributed by atoms with Gasteiger partial charge >= 0.3 is 0 Å². The summed E-state index contributed by atoms with van der Waals surface area (Å²) in [5.74, 6) is -0.181. The number of methoxy groups -OCH3 is 2. The lowest BCUT2D eigenvalue weighted by atomic mass is 9.95. The summed E-state index contributed by atoms with van der Waals surface area (Å²) in [6, 6.07) is 16.5. The third-order valence-corrected chi connectivity index (χ3v) is 10.5. The first-order valence-electron chi connectivity index (χ1n) is 14.9. The van der Waals surface area contributed by atoms with Crippen molar-refractivity contribution < 1.29 is 27.5 Å². The summed E-state index contributed by atoms with van der Waals surface area (Å²) in [7, 11) is -1.40. The maximum atomic E-state index is 14.4. The van der Waals surface area contributed by atoms with Gasteiger partial charge in [-0.05, 0) is 67.8 Å². The molecular formula is C33H39Cl2N3O6S. The molecule has 0 aliphatic heterocycles. The Bertz CT molecular complexity index is 1560. The summed E-state index contributed by atoms with van der Waals surface area (Å²) in [6.45, 7) is 1.09. The van der Waals surface area contributed by atoms with Crippen molar-refractivity contribution in [1.82, 2.24) is 10.2 Å². The van der Waals surface area contributed by atoms with E-state index in [1.807, 2.05) is 6.92 Å². The molecule has 0 spiro atoms. The highest BCUT2D eigenvalue weighted by molar-refractivity contribution is 7.92. The van der Waals surface area contributed by atoms with Gasteiger partial charge in [0.25, 0.3) is 10.0 Å². The maximum Gasteiger partial charge on any atom is 0.264 e. The van der Waals surface area contributed by atoms with Gasteiger partial charge in [0.2, 0.25) is 11.8 Å². The predicted molar refractivity (Wildman–Crippen MR) is 177 cm³/mol. The van der Waals surface area contributed by atoms with Crippen molar-refractivity contribution in [2.75, 3.05) is 25.1 Å². The molecule has 1 N–H and O–H groups in total. The molecule has 0 saturated heterocycles. The van der Waals surface area contributed by atoms with Crippen molar-refractivity contribution in [3.05, 3.63) is 82.3 Å². The zero-order valence-corrected chi connectivity index (χ0v) is 28.0. The number of amides is 2. The summed E-state index contributed by atoms with van der Waals surface area (Å²) >= 11 is 13.0. The smallest absolute Gasteiger partial charge is 0.264 e. The molecule has 1 fully saturated rings. The Morgan fingerprint density at radius 2 is 1.56 bits per heavy atom. The van der Waals surface area contributed by atoms with Gasteiger partial charge in [-0.1, -0.05) is 67.6 Å². The Morgan fingerprint density at radius 1 is 0.911 bits per heavy atom. The molecule has 2 amide bonds. The number of para-hydroxylation sites is 2. The molecule has 0 unspecified atom stereocenters. The highest BCUT2D eigenvalue weighted by Crippen LogP contribution is 2.34. The highest BCUT2D eigenvalue weighted by atomic mass is 35.5. The molecule has 0 heterocycles. The zero-order valence-electron chi connectivity index (χ0n) is 25.7. The van der Waals surface area contributed by atoms with Gasteiger partial charge in [0.05, 0.1) is 24.8 Å². The third kappa shape index (κ3) is 8.23. The van der Waals surface area contributed by atoms with Crippen molar-refractivity contribution in [2.24, 2.45) is 0 Å². The van der Waals surface area contributed by atoms with Crippen molar-refractivity contribution in [1.29, 1.82) is 0 Å². The van der Waals surface area contributed by atoms with Crippen LogP contribution in [0, 0.1) is 0 Å². The van der Waals surface area contributed by atoms with Gasteiger partial charge in [-0.15, -0.1) is 0 Å². The van der Waals surface area contributed by atoms with E-state index in [0.29, 0.717) is 21.4 Å². The number of hydrogen-bond acceptors (Lipinski definition) is 6. The average Bonchev–Trinajstić information content (AvgIpc) is 3.05. The number of benzene rings is 3. The van der Waals surface area contributed by atoms with Crippen molar-refractivity contribution in [3.8, 4) is 11.5 Å². The molecular weight excluding hydrogens is 637 g/mol. The second kappa shape index (κ2) is 15.7. The summed E-state index contributed by atoms with van der Waals surface area (Å²) in [4.78, 5) is 29.5. The number of sulfonamides is 1. The summed E-state index contributed by atoms with van der Waals surface area (Å²) in [5, 5.41) is 3.79. The molecule has 3 aromatic carbocycles. The third-order valence-electron chi connectivity index (χ3n) is 8.01. The second-order valence-corrected chi connectivity index (χ2v) is 13.5. The summed E-state index contributed by atoms with van der Waals surface area (Å²) in [6.07, 6.45) is 5.20. The maximum absolute atomic E-state index is 14.4. The quantitative estimate of drug-likeness (QED) is 0.223. The van der Waals surface area contributed by atoms with Crippen LogP contribution in [0.25, 0.3) is 0 Å². The van der Waals surface area contributed by atoms with Crippen LogP contribution in [0.5, 0.6) is 11.5 Å². The van der Waals surface area contributed by atoms with E-state index in [1.54, 1.807) is 42.5 Å². The van der Waals surface area contributed by atoms with E-state index in [1.165, 1.54) is 43.4 Å². The molecule has 12 heteroatoms. The van der Waals surface area contributed by atoms with Gasteiger partial charge in [-0.3, -0.25) is 13.9 Å². The van der Waals surface area contributed by atoms with E-state index >= 15 is 0 Å². The molecule has 0 bridgehead atoms. The molecule has 242 valence electrons. The van der Waals surface area contributed by atoms with Gasteiger partial charge in [0.1, 0.15) is 24.1 Å². The fourth-order valence-corrected chi connectivity index (χ4v) is 7.48. The highest BCUT2D eigenvalue weighted by Gasteiger charge is 2.36. The summed E-state index contributed by atoms with van der Waals surface area (Å²) in [5.41, 5.74) is 0.625. The fraction of sp³-hybridized carbons (Fsp3) is 0.394. The largest absolute Gasteiger partial charge is 0.497 e. The minimum atomic E-state index is -4.31. The molecule has 3 aromatic rings. The van der Waals surface area contributed by atoms with Gasteiger partial charge in [-0.2, -0.15) is 0 Å². The number of anilines is 1.